The zero-order valence-corrected chi connectivity index (χ0v) is 14.8. The predicted octanol–water partition coefficient (Wildman–Crippen LogP) is 3.09. The average Bonchev–Trinajstić information content (AvgIpc) is 3.03. The Hall–Kier alpha value is -1.94. The molecular weight excluding hydrogens is 322 g/mol. The van der Waals surface area contributed by atoms with Crippen LogP contribution < -0.4 is 4.74 Å². The Morgan fingerprint density at radius 3 is 3.04 bits per heavy atom. The lowest BCUT2D eigenvalue weighted by molar-refractivity contribution is -0.00134. The predicted molar refractivity (Wildman–Crippen MR) is 94.4 cm³/mol. The molecule has 1 saturated heterocycles. The molecule has 0 amide bonds. The molecule has 0 aliphatic carbocycles. The van der Waals surface area contributed by atoms with Crippen LogP contribution in [-0.4, -0.2) is 49.3 Å². The number of rotatable bonds is 5. The molecule has 0 N–H and O–H groups in total. The van der Waals surface area contributed by atoms with E-state index < -0.39 is 0 Å². The van der Waals surface area contributed by atoms with Crippen molar-refractivity contribution in [1.29, 1.82) is 5.26 Å². The average molecular weight is 343 g/mol. The van der Waals surface area contributed by atoms with Crippen LogP contribution in [0.3, 0.4) is 0 Å². The van der Waals surface area contributed by atoms with Gasteiger partial charge in [0.25, 0.3) is 0 Å². The maximum absolute atomic E-state index is 9.26. The van der Waals surface area contributed by atoms with E-state index in [1.54, 1.807) is 17.4 Å². The first kappa shape index (κ1) is 16.9. The van der Waals surface area contributed by atoms with E-state index in [1.807, 2.05) is 25.3 Å². The number of nitriles is 1. The van der Waals surface area contributed by atoms with Crippen molar-refractivity contribution in [2.75, 3.05) is 33.4 Å². The molecule has 24 heavy (non-hydrogen) atoms. The van der Waals surface area contributed by atoms with Crippen molar-refractivity contribution >= 4 is 11.3 Å². The standard InChI is InChI=1S/C18H21N3O2S/c1-13-11-20-18(24-13)15-7-14(10-19)8-17(9-15)23-5-3-16-12-22-6-4-21(16)2/h7-9,11,16H,3-6,12H2,1-2H3/t16-/m1/s1. The summed E-state index contributed by atoms with van der Waals surface area (Å²) < 4.78 is 11.4. The van der Waals surface area contributed by atoms with Gasteiger partial charge < -0.3 is 9.47 Å². The van der Waals surface area contributed by atoms with Gasteiger partial charge >= 0.3 is 0 Å². The number of hydrogen-bond donors (Lipinski definition) is 0. The molecule has 6 heteroatoms. The second kappa shape index (κ2) is 7.75. The maximum Gasteiger partial charge on any atom is 0.123 e. The van der Waals surface area contributed by atoms with Crippen LogP contribution in [0.2, 0.25) is 0 Å². The topological polar surface area (TPSA) is 58.4 Å². The summed E-state index contributed by atoms with van der Waals surface area (Å²) in [4.78, 5) is 7.85. The molecular formula is C18H21N3O2S. The van der Waals surface area contributed by atoms with Gasteiger partial charge in [-0.15, -0.1) is 11.3 Å². The summed E-state index contributed by atoms with van der Waals surface area (Å²) in [6, 6.07) is 8.18. The lowest BCUT2D eigenvalue weighted by Gasteiger charge is -2.32. The molecule has 5 nitrogen and oxygen atoms in total. The monoisotopic (exact) mass is 343 g/mol. The number of hydrogen-bond acceptors (Lipinski definition) is 6. The van der Waals surface area contributed by atoms with Gasteiger partial charge in [-0.1, -0.05) is 0 Å². The second-order valence-corrected chi connectivity index (χ2v) is 7.22. The summed E-state index contributed by atoms with van der Waals surface area (Å²) >= 11 is 1.62. The molecule has 1 aromatic carbocycles. The molecule has 1 atom stereocenters. The highest BCUT2D eigenvalue weighted by molar-refractivity contribution is 7.14. The van der Waals surface area contributed by atoms with E-state index in [-0.39, 0.29) is 0 Å². The number of aryl methyl sites for hydroxylation is 1. The Balaban J connectivity index is 1.67. The van der Waals surface area contributed by atoms with E-state index in [0.717, 1.165) is 47.4 Å². The van der Waals surface area contributed by atoms with Gasteiger partial charge in [0.15, 0.2) is 0 Å². The normalized spacial score (nSPS) is 18.3. The second-order valence-electron chi connectivity index (χ2n) is 5.98. The van der Waals surface area contributed by atoms with Crippen LogP contribution >= 0.6 is 11.3 Å². The summed E-state index contributed by atoms with van der Waals surface area (Å²) in [5.41, 5.74) is 1.52. The van der Waals surface area contributed by atoms with E-state index in [0.29, 0.717) is 18.2 Å². The summed E-state index contributed by atoms with van der Waals surface area (Å²) in [5, 5.41) is 10.2. The van der Waals surface area contributed by atoms with Crippen LogP contribution in [0.5, 0.6) is 5.75 Å². The zero-order valence-electron chi connectivity index (χ0n) is 14.0. The van der Waals surface area contributed by atoms with Crippen LogP contribution in [0.25, 0.3) is 10.6 Å². The minimum Gasteiger partial charge on any atom is -0.493 e. The van der Waals surface area contributed by atoms with Gasteiger partial charge in [-0.2, -0.15) is 5.26 Å². The molecule has 1 aromatic heterocycles. The molecule has 0 unspecified atom stereocenters. The largest absolute Gasteiger partial charge is 0.493 e. The van der Waals surface area contributed by atoms with E-state index in [4.69, 9.17) is 9.47 Å². The Labute approximate surface area is 146 Å². The summed E-state index contributed by atoms with van der Waals surface area (Å²) in [6.45, 7) is 5.14. The van der Waals surface area contributed by atoms with Crippen LogP contribution in [0, 0.1) is 18.3 Å². The number of thiazole rings is 1. The lowest BCUT2D eigenvalue weighted by Crippen LogP contribution is -2.43. The number of aromatic nitrogens is 1. The number of likely N-dealkylation sites (N-methyl/N-ethyl adjacent to an activating group) is 1. The Morgan fingerprint density at radius 2 is 2.33 bits per heavy atom. The number of benzene rings is 1. The van der Waals surface area contributed by atoms with Crippen molar-refractivity contribution in [3.05, 3.63) is 34.8 Å². The first-order chi connectivity index (χ1) is 11.7. The third kappa shape index (κ3) is 4.12. The van der Waals surface area contributed by atoms with E-state index in [1.165, 1.54) is 0 Å². The first-order valence-electron chi connectivity index (χ1n) is 8.04. The molecule has 0 radical (unpaired) electrons. The van der Waals surface area contributed by atoms with Crippen molar-refractivity contribution in [3.63, 3.8) is 0 Å². The van der Waals surface area contributed by atoms with Gasteiger partial charge in [0, 0.05) is 29.2 Å². The van der Waals surface area contributed by atoms with Crippen LogP contribution in [-0.2, 0) is 4.74 Å². The smallest absolute Gasteiger partial charge is 0.123 e. The minimum absolute atomic E-state index is 0.388. The van der Waals surface area contributed by atoms with E-state index in [2.05, 4.69) is 23.0 Å². The molecule has 0 saturated carbocycles. The van der Waals surface area contributed by atoms with Crippen molar-refractivity contribution in [2.24, 2.45) is 0 Å². The molecule has 1 fully saturated rings. The molecule has 3 rings (SSSR count). The van der Waals surface area contributed by atoms with Crippen molar-refractivity contribution in [3.8, 4) is 22.4 Å². The molecule has 0 spiro atoms. The van der Waals surface area contributed by atoms with Crippen LogP contribution in [0.1, 0.15) is 16.9 Å². The van der Waals surface area contributed by atoms with Crippen LogP contribution in [0.4, 0.5) is 0 Å². The van der Waals surface area contributed by atoms with Gasteiger partial charge in [-0.3, -0.25) is 4.90 Å². The summed E-state index contributed by atoms with van der Waals surface area (Å²) in [7, 11) is 2.12. The Bertz CT molecular complexity index is 738. The zero-order chi connectivity index (χ0) is 16.9. The fourth-order valence-electron chi connectivity index (χ4n) is 2.71. The van der Waals surface area contributed by atoms with Crippen molar-refractivity contribution in [1.82, 2.24) is 9.88 Å². The Morgan fingerprint density at radius 1 is 1.46 bits per heavy atom. The number of ether oxygens (including phenoxy) is 2. The fourth-order valence-corrected chi connectivity index (χ4v) is 3.46. The fraction of sp³-hybridized carbons (Fsp3) is 0.444. The lowest BCUT2D eigenvalue weighted by atomic mass is 10.1. The van der Waals surface area contributed by atoms with Gasteiger partial charge in [-0.25, -0.2) is 4.98 Å². The molecule has 0 bridgehead atoms. The van der Waals surface area contributed by atoms with Gasteiger partial charge in [0.05, 0.1) is 31.5 Å². The molecule has 126 valence electrons. The number of nitrogens with zero attached hydrogens (tertiary/aromatic N) is 3. The van der Waals surface area contributed by atoms with Crippen molar-refractivity contribution < 1.29 is 9.47 Å². The molecule has 1 aliphatic rings. The maximum atomic E-state index is 9.26. The first-order valence-corrected chi connectivity index (χ1v) is 8.86. The van der Waals surface area contributed by atoms with Gasteiger partial charge in [-0.05, 0) is 38.6 Å². The van der Waals surface area contributed by atoms with E-state index in [9.17, 15) is 5.26 Å². The van der Waals surface area contributed by atoms with Crippen molar-refractivity contribution in [2.45, 2.75) is 19.4 Å². The number of morpholine rings is 1. The highest BCUT2D eigenvalue weighted by Gasteiger charge is 2.19. The highest BCUT2D eigenvalue weighted by atomic mass is 32.1. The highest BCUT2D eigenvalue weighted by Crippen LogP contribution is 2.29. The van der Waals surface area contributed by atoms with Crippen LogP contribution in [0.15, 0.2) is 24.4 Å². The molecule has 1 aliphatic heterocycles. The molecule has 2 heterocycles. The third-order valence-electron chi connectivity index (χ3n) is 4.15. The van der Waals surface area contributed by atoms with Gasteiger partial charge in [0.1, 0.15) is 10.8 Å². The summed E-state index contributed by atoms with van der Waals surface area (Å²) in [6.07, 6.45) is 2.75. The Kier molecular flexibility index (Phi) is 5.46. The third-order valence-corrected chi connectivity index (χ3v) is 5.11. The minimum atomic E-state index is 0.388. The van der Waals surface area contributed by atoms with E-state index >= 15 is 0 Å². The van der Waals surface area contributed by atoms with Gasteiger partial charge in [0.2, 0.25) is 0 Å². The summed E-state index contributed by atoms with van der Waals surface area (Å²) in [5.74, 6) is 0.719. The quantitative estimate of drug-likeness (QED) is 0.835. The SMILES string of the molecule is Cc1cnc(-c2cc(C#N)cc(OCC[C@@H]3COCCN3C)c2)s1. The molecule has 2 aromatic rings.